The number of aryl methyl sites for hydroxylation is 1. The van der Waals surface area contributed by atoms with E-state index in [4.69, 9.17) is 23.1 Å². The number of methoxy groups -OCH3 is 1. The van der Waals surface area contributed by atoms with Gasteiger partial charge < -0.3 is 21.5 Å². The highest BCUT2D eigenvalue weighted by Crippen LogP contribution is 2.18. The van der Waals surface area contributed by atoms with E-state index in [0.29, 0.717) is 10.6 Å². The van der Waals surface area contributed by atoms with Gasteiger partial charge in [0.25, 0.3) is 0 Å². The predicted octanol–water partition coefficient (Wildman–Crippen LogP) is 0.621. The molecular formula is C16H22ClN3O4. The predicted molar refractivity (Wildman–Crippen MR) is 93.3 cm³/mol. The number of ether oxygens (including phenoxy) is 1. The molecule has 0 radical (unpaired) electrons. The molecule has 132 valence electrons. The second kappa shape index (κ2) is 14.1. The quantitative estimate of drug-likeness (QED) is 0.527. The molecule has 24 heavy (non-hydrogen) atoms. The van der Waals surface area contributed by atoms with E-state index in [2.05, 4.69) is 22.9 Å². The van der Waals surface area contributed by atoms with Gasteiger partial charge in [0.15, 0.2) is 0 Å². The highest BCUT2D eigenvalue weighted by atomic mass is 35.5. The summed E-state index contributed by atoms with van der Waals surface area (Å²) in [6.07, 6.45) is 8.18. The fourth-order valence-corrected chi connectivity index (χ4v) is 1.74. The molecule has 1 aromatic carbocycles. The minimum atomic E-state index is -0.479. The number of carbonyl (C=O) groups excluding carboxylic acids is 3. The lowest BCUT2D eigenvalue weighted by atomic mass is 10.1. The standard InChI is InChI=1S/C8H8ClNO.C6H12N2O3.C2H2/c1-5-3-2-4-6(9)7(5)8(10)11;1-11-6(10)2-3-8-5(9)4-7;1-2/h2-4H,1H3,(H2,10,11);2-4,7H2,1H3,(H,8,9);1-2H. The summed E-state index contributed by atoms with van der Waals surface area (Å²) in [6.45, 7) is 2.02. The Hall–Kier alpha value is -2.56. The van der Waals surface area contributed by atoms with E-state index in [1.54, 1.807) is 25.1 Å². The van der Waals surface area contributed by atoms with Crippen LogP contribution in [0.15, 0.2) is 18.2 Å². The minimum absolute atomic E-state index is 0.0544. The number of hydrogen-bond donors (Lipinski definition) is 3. The van der Waals surface area contributed by atoms with Crippen LogP contribution in [0.4, 0.5) is 0 Å². The zero-order chi connectivity index (χ0) is 19.1. The third-order valence-corrected chi connectivity index (χ3v) is 2.85. The summed E-state index contributed by atoms with van der Waals surface area (Å²) in [4.78, 5) is 31.8. The molecule has 5 N–H and O–H groups in total. The Labute approximate surface area is 146 Å². The Kier molecular flexibility index (Phi) is 13.9. The molecule has 7 nitrogen and oxygen atoms in total. The van der Waals surface area contributed by atoms with Crippen molar-refractivity contribution in [3.8, 4) is 12.8 Å². The van der Waals surface area contributed by atoms with E-state index in [9.17, 15) is 14.4 Å². The molecule has 0 heterocycles. The maximum absolute atomic E-state index is 10.8. The van der Waals surface area contributed by atoms with Gasteiger partial charge in [-0.3, -0.25) is 14.4 Å². The second-order valence-electron chi connectivity index (χ2n) is 4.18. The molecule has 0 bridgehead atoms. The van der Waals surface area contributed by atoms with E-state index in [0.717, 1.165) is 5.56 Å². The maximum Gasteiger partial charge on any atom is 0.307 e. The molecular weight excluding hydrogens is 334 g/mol. The summed E-state index contributed by atoms with van der Waals surface area (Å²) >= 11 is 5.72. The Morgan fingerprint density at radius 3 is 2.25 bits per heavy atom. The molecule has 0 aliphatic carbocycles. The Morgan fingerprint density at radius 2 is 1.88 bits per heavy atom. The van der Waals surface area contributed by atoms with Crippen LogP contribution in [-0.2, 0) is 14.3 Å². The number of terminal acetylenes is 1. The largest absolute Gasteiger partial charge is 0.469 e. The normalized spacial score (nSPS) is 8.58. The van der Waals surface area contributed by atoms with Gasteiger partial charge in [0.2, 0.25) is 11.8 Å². The van der Waals surface area contributed by atoms with E-state index in [1.165, 1.54) is 7.11 Å². The maximum atomic E-state index is 10.8. The van der Waals surface area contributed by atoms with Gasteiger partial charge in [-0.1, -0.05) is 23.7 Å². The molecule has 8 heteroatoms. The van der Waals surface area contributed by atoms with E-state index in [-0.39, 0.29) is 31.4 Å². The van der Waals surface area contributed by atoms with Crippen molar-refractivity contribution in [2.45, 2.75) is 13.3 Å². The van der Waals surface area contributed by atoms with Crippen molar-refractivity contribution < 1.29 is 19.1 Å². The summed E-state index contributed by atoms with van der Waals surface area (Å²) in [5, 5.41) is 2.85. The SMILES string of the molecule is C#C.COC(=O)CCNC(=O)CN.Cc1cccc(Cl)c1C(N)=O. The molecule has 0 saturated carbocycles. The van der Waals surface area contributed by atoms with Crippen molar-refractivity contribution in [1.29, 1.82) is 0 Å². The van der Waals surface area contributed by atoms with Crippen molar-refractivity contribution in [1.82, 2.24) is 5.32 Å². The Bertz CT molecular complexity index is 537. The lowest BCUT2D eigenvalue weighted by molar-refractivity contribution is -0.140. The average Bonchev–Trinajstić information content (AvgIpc) is 2.56. The number of primary amides is 1. The molecule has 2 amide bonds. The minimum Gasteiger partial charge on any atom is -0.469 e. The Balaban J connectivity index is 0. The van der Waals surface area contributed by atoms with Crippen LogP contribution in [0.2, 0.25) is 5.02 Å². The van der Waals surface area contributed by atoms with Gasteiger partial charge in [-0.25, -0.2) is 0 Å². The zero-order valence-corrected chi connectivity index (χ0v) is 14.4. The number of halogens is 1. The third kappa shape index (κ3) is 10.2. The van der Waals surface area contributed by atoms with Crippen molar-refractivity contribution in [2.75, 3.05) is 20.2 Å². The van der Waals surface area contributed by atoms with Crippen LogP contribution < -0.4 is 16.8 Å². The number of benzene rings is 1. The molecule has 0 atom stereocenters. The third-order valence-electron chi connectivity index (χ3n) is 2.53. The molecule has 0 saturated heterocycles. The smallest absolute Gasteiger partial charge is 0.307 e. The van der Waals surface area contributed by atoms with Crippen LogP contribution in [0.25, 0.3) is 0 Å². The van der Waals surface area contributed by atoms with Crippen LogP contribution in [-0.4, -0.2) is 38.0 Å². The van der Waals surface area contributed by atoms with Crippen LogP contribution in [0.3, 0.4) is 0 Å². The van der Waals surface area contributed by atoms with E-state index >= 15 is 0 Å². The van der Waals surface area contributed by atoms with E-state index < -0.39 is 5.91 Å². The lowest BCUT2D eigenvalue weighted by Gasteiger charge is -2.01. The highest BCUT2D eigenvalue weighted by molar-refractivity contribution is 6.34. The number of hydrogen-bond acceptors (Lipinski definition) is 5. The molecule has 0 aromatic heterocycles. The lowest BCUT2D eigenvalue weighted by Crippen LogP contribution is -2.31. The summed E-state index contributed by atoms with van der Waals surface area (Å²) in [7, 11) is 1.30. The van der Waals surface area contributed by atoms with Crippen LogP contribution in [0, 0.1) is 19.8 Å². The number of nitrogens with two attached hydrogens (primary N) is 2. The van der Waals surface area contributed by atoms with Crippen molar-refractivity contribution in [2.24, 2.45) is 11.5 Å². The van der Waals surface area contributed by atoms with Crippen molar-refractivity contribution >= 4 is 29.4 Å². The first kappa shape index (κ1) is 23.7. The molecule has 0 unspecified atom stereocenters. The van der Waals surface area contributed by atoms with Gasteiger partial charge >= 0.3 is 5.97 Å². The van der Waals surface area contributed by atoms with Gasteiger partial charge in [-0.2, -0.15) is 0 Å². The fourth-order valence-electron chi connectivity index (χ4n) is 1.42. The summed E-state index contributed by atoms with van der Waals surface area (Å²) in [5.74, 6) is -1.09. The van der Waals surface area contributed by atoms with Gasteiger partial charge in [-0.15, -0.1) is 12.8 Å². The highest BCUT2D eigenvalue weighted by Gasteiger charge is 2.07. The first-order chi connectivity index (χ1) is 11.3. The molecule has 0 spiro atoms. The molecule has 1 aromatic rings. The summed E-state index contributed by atoms with van der Waals surface area (Å²) in [5.41, 5.74) is 11.3. The number of rotatable bonds is 5. The van der Waals surface area contributed by atoms with Gasteiger partial charge in [0.05, 0.1) is 30.7 Å². The molecule has 0 fully saturated rings. The number of nitrogens with one attached hydrogen (secondary N) is 1. The fraction of sp³-hybridized carbons (Fsp3) is 0.312. The Morgan fingerprint density at radius 1 is 1.29 bits per heavy atom. The van der Waals surface area contributed by atoms with E-state index in [1.807, 2.05) is 0 Å². The number of amides is 2. The molecule has 0 aliphatic heterocycles. The van der Waals surface area contributed by atoms with Crippen LogP contribution in [0.5, 0.6) is 0 Å². The van der Waals surface area contributed by atoms with Crippen molar-refractivity contribution in [3.63, 3.8) is 0 Å². The second-order valence-corrected chi connectivity index (χ2v) is 4.58. The van der Waals surface area contributed by atoms with Gasteiger partial charge in [0, 0.05) is 6.54 Å². The summed E-state index contributed by atoms with van der Waals surface area (Å²) in [6, 6.07) is 5.23. The number of esters is 1. The monoisotopic (exact) mass is 355 g/mol. The first-order valence-electron chi connectivity index (χ1n) is 6.75. The van der Waals surface area contributed by atoms with Crippen LogP contribution >= 0.6 is 11.6 Å². The molecule has 1 rings (SSSR count). The van der Waals surface area contributed by atoms with Crippen molar-refractivity contribution in [3.05, 3.63) is 34.3 Å². The topological polar surface area (TPSA) is 125 Å². The number of carbonyl (C=O) groups is 3. The first-order valence-corrected chi connectivity index (χ1v) is 7.13. The zero-order valence-electron chi connectivity index (χ0n) is 13.7. The van der Waals surface area contributed by atoms with Crippen LogP contribution in [0.1, 0.15) is 22.3 Å². The average molecular weight is 356 g/mol. The van der Waals surface area contributed by atoms with Gasteiger partial charge in [0.1, 0.15) is 0 Å². The molecule has 0 aliphatic rings. The summed E-state index contributed by atoms with van der Waals surface area (Å²) < 4.78 is 4.34. The van der Waals surface area contributed by atoms with Gasteiger partial charge in [-0.05, 0) is 18.6 Å².